The van der Waals surface area contributed by atoms with E-state index >= 15 is 0 Å². The maximum Gasteiger partial charge on any atom is 0.0784 e. The van der Waals surface area contributed by atoms with Crippen molar-refractivity contribution in [2.24, 2.45) is 11.8 Å². The fourth-order valence-corrected chi connectivity index (χ4v) is 6.21. The van der Waals surface area contributed by atoms with Crippen molar-refractivity contribution in [2.45, 2.75) is 82.3 Å². The van der Waals surface area contributed by atoms with Gasteiger partial charge in [-0.1, -0.05) is 62.8 Å². The number of rotatable bonds is 3. The Hall–Kier alpha value is -0.860. The molecule has 1 N–H and O–H groups in total. The van der Waals surface area contributed by atoms with Crippen molar-refractivity contribution < 1.29 is 5.11 Å². The molecule has 1 aliphatic heterocycles. The maximum absolute atomic E-state index is 12.4. The molecule has 0 amide bonds. The van der Waals surface area contributed by atoms with Crippen molar-refractivity contribution in [3.63, 3.8) is 0 Å². The second-order valence-electron chi connectivity index (χ2n) is 9.01. The highest BCUT2D eigenvalue weighted by Crippen LogP contribution is 2.51. The van der Waals surface area contributed by atoms with Crippen molar-refractivity contribution >= 4 is 0 Å². The Balaban J connectivity index is 1.74. The van der Waals surface area contributed by atoms with E-state index in [1.165, 1.54) is 75.3 Å². The van der Waals surface area contributed by atoms with E-state index in [0.717, 1.165) is 13.1 Å². The highest BCUT2D eigenvalue weighted by atomic mass is 16.3. The molecule has 1 unspecified atom stereocenters. The van der Waals surface area contributed by atoms with Gasteiger partial charge in [0.2, 0.25) is 0 Å². The van der Waals surface area contributed by atoms with Crippen LogP contribution in [0.5, 0.6) is 0 Å². The average molecular weight is 342 g/mol. The van der Waals surface area contributed by atoms with Crippen molar-refractivity contribution in [3.05, 3.63) is 35.4 Å². The molecule has 138 valence electrons. The zero-order chi connectivity index (χ0) is 17.3. The summed E-state index contributed by atoms with van der Waals surface area (Å²) in [5, 5.41) is 12.4. The molecule has 2 saturated carbocycles. The maximum atomic E-state index is 12.4. The van der Waals surface area contributed by atoms with Gasteiger partial charge < -0.3 is 10.0 Å². The van der Waals surface area contributed by atoms with E-state index in [0.29, 0.717) is 11.8 Å². The van der Waals surface area contributed by atoms with Gasteiger partial charge >= 0.3 is 0 Å². The molecule has 1 atom stereocenters. The largest absolute Gasteiger partial charge is 0.389 e. The van der Waals surface area contributed by atoms with E-state index in [4.69, 9.17) is 0 Å². The van der Waals surface area contributed by atoms with E-state index in [1.807, 2.05) is 0 Å². The Morgan fingerprint density at radius 3 is 2.04 bits per heavy atom. The van der Waals surface area contributed by atoms with Gasteiger partial charge in [0, 0.05) is 19.0 Å². The summed E-state index contributed by atoms with van der Waals surface area (Å²) in [5.74, 6) is 1.27. The third-order valence-electron chi connectivity index (χ3n) is 7.44. The van der Waals surface area contributed by atoms with Crippen LogP contribution in [-0.4, -0.2) is 29.2 Å². The Morgan fingerprint density at radius 2 is 1.44 bits per heavy atom. The molecule has 0 bridgehead atoms. The first-order chi connectivity index (χ1) is 12.2. The fourth-order valence-electron chi connectivity index (χ4n) is 6.21. The van der Waals surface area contributed by atoms with Crippen molar-refractivity contribution in [2.75, 3.05) is 13.6 Å². The Kier molecular flexibility index (Phi) is 5.20. The third-order valence-corrected chi connectivity index (χ3v) is 7.44. The van der Waals surface area contributed by atoms with Crippen LogP contribution in [0.2, 0.25) is 0 Å². The summed E-state index contributed by atoms with van der Waals surface area (Å²) in [4.78, 5) is 2.43. The molecule has 4 rings (SSSR count). The smallest absolute Gasteiger partial charge is 0.0784 e. The lowest BCUT2D eigenvalue weighted by Crippen LogP contribution is -2.55. The van der Waals surface area contributed by atoms with Gasteiger partial charge in [-0.2, -0.15) is 0 Å². The van der Waals surface area contributed by atoms with Crippen molar-refractivity contribution in [1.82, 2.24) is 4.90 Å². The number of fused-ring (bicyclic) bond motifs is 1. The van der Waals surface area contributed by atoms with E-state index in [-0.39, 0.29) is 5.92 Å². The van der Waals surface area contributed by atoms with Gasteiger partial charge in [0.25, 0.3) is 0 Å². The predicted molar refractivity (Wildman–Crippen MR) is 104 cm³/mol. The summed E-state index contributed by atoms with van der Waals surface area (Å²) in [6.45, 7) is 2.04. The molecule has 0 aromatic heterocycles. The van der Waals surface area contributed by atoms with Crippen LogP contribution in [0.1, 0.15) is 81.3 Å². The van der Waals surface area contributed by atoms with E-state index in [2.05, 4.69) is 36.2 Å². The van der Waals surface area contributed by atoms with Crippen LogP contribution in [0.25, 0.3) is 0 Å². The molecule has 25 heavy (non-hydrogen) atoms. The summed E-state index contributed by atoms with van der Waals surface area (Å²) in [6, 6.07) is 8.93. The monoisotopic (exact) mass is 341 g/mol. The van der Waals surface area contributed by atoms with Crippen LogP contribution in [0.4, 0.5) is 0 Å². The van der Waals surface area contributed by atoms with Gasteiger partial charge in [0.05, 0.1) is 5.60 Å². The van der Waals surface area contributed by atoms with Crippen LogP contribution < -0.4 is 0 Å². The van der Waals surface area contributed by atoms with Gasteiger partial charge in [-0.25, -0.2) is 0 Å². The lowest BCUT2D eigenvalue weighted by Gasteiger charge is -2.52. The number of aliphatic hydroxyl groups is 1. The number of hydrogen-bond donors (Lipinski definition) is 1. The molecule has 0 radical (unpaired) electrons. The van der Waals surface area contributed by atoms with Crippen LogP contribution >= 0.6 is 0 Å². The zero-order valence-corrected chi connectivity index (χ0v) is 15.9. The summed E-state index contributed by atoms with van der Waals surface area (Å²) in [6.07, 6.45) is 12.9. The molecule has 1 aromatic rings. The molecular formula is C23H35NO. The second-order valence-corrected chi connectivity index (χ2v) is 9.01. The fraction of sp³-hybridized carbons (Fsp3) is 0.739. The number of benzene rings is 1. The molecular weight excluding hydrogens is 306 g/mol. The van der Waals surface area contributed by atoms with Gasteiger partial charge in [-0.15, -0.1) is 0 Å². The molecule has 1 aromatic carbocycles. The third kappa shape index (κ3) is 3.28. The quantitative estimate of drug-likeness (QED) is 0.826. The van der Waals surface area contributed by atoms with Gasteiger partial charge in [0.1, 0.15) is 0 Å². The first-order valence-corrected chi connectivity index (χ1v) is 10.7. The minimum atomic E-state index is -0.508. The lowest BCUT2D eigenvalue weighted by molar-refractivity contribution is -0.118. The Bertz CT molecular complexity index is 553. The molecule has 2 fully saturated rings. The van der Waals surface area contributed by atoms with Crippen molar-refractivity contribution in [1.29, 1.82) is 0 Å². The molecule has 3 aliphatic rings. The second kappa shape index (κ2) is 7.40. The summed E-state index contributed by atoms with van der Waals surface area (Å²) < 4.78 is 0. The summed E-state index contributed by atoms with van der Waals surface area (Å²) in [5.41, 5.74) is 2.37. The van der Waals surface area contributed by atoms with Crippen LogP contribution in [0.15, 0.2) is 24.3 Å². The zero-order valence-electron chi connectivity index (χ0n) is 15.9. The van der Waals surface area contributed by atoms with E-state index < -0.39 is 5.60 Å². The van der Waals surface area contributed by atoms with E-state index in [1.54, 1.807) is 0 Å². The highest BCUT2D eigenvalue weighted by Gasteiger charge is 2.51. The molecule has 2 nitrogen and oxygen atoms in total. The topological polar surface area (TPSA) is 23.5 Å². The first-order valence-electron chi connectivity index (χ1n) is 10.7. The summed E-state index contributed by atoms with van der Waals surface area (Å²) >= 11 is 0. The van der Waals surface area contributed by atoms with Crippen LogP contribution in [0.3, 0.4) is 0 Å². The van der Waals surface area contributed by atoms with Crippen LogP contribution in [0, 0.1) is 11.8 Å². The molecule has 0 spiro atoms. The minimum absolute atomic E-state index is 0.286. The van der Waals surface area contributed by atoms with Crippen molar-refractivity contribution in [3.8, 4) is 0 Å². The van der Waals surface area contributed by atoms with Crippen LogP contribution in [-0.2, 0) is 6.54 Å². The molecule has 2 heteroatoms. The first kappa shape index (κ1) is 17.5. The summed E-state index contributed by atoms with van der Waals surface area (Å²) in [7, 11) is 2.23. The Morgan fingerprint density at radius 1 is 0.880 bits per heavy atom. The Labute approximate surface area is 153 Å². The van der Waals surface area contributed by atoms with Gasteiger partial charge in [0.15, 0.2) is 0 Å². The standard InChI is InChI=1S/C23H35NO/c1-24-16-18-10-8-9-15-21(18)22(17-24)23(25,19-11-4-2-5-12-19)20-13-6-3-7-14-20/h8-10,15,19-20,22,25H,2-7,11-14,16-17H2,1H3. The highest BCUT2D eigenvalue weighted by molar-refractivity contribution is 5.35. The van der Waals surface area contributed by atoms with E-state index in [9.17, 15) is 5.11 Å². The van der Waals surface area contributed by atoms with Gasteiger partial charge in [-0.3, -0.25) is 0 Å². The minimum Gasteiger partial charge on any atom is -0.389 e. The number of hydrogen-bond acceptors (Lipinski definition) is 2. The average Bonchev–Trinajstić information content (AvgIpc) is 2.68. The SMILES string of the molecule is CN1Cc2ccccc2C(C(O)(C2CCCCC2)C2CCCCC2)C1. The molecule has 2 aliphatic carbocycles. The van der Waals surface area contributed by atoms with Gasteiger partial charge in [-0.05, 0) is 55.7 Å². The number of nitrogens with zero attached hydrogens (tertiary/aromatic N) is 1. The molecule has 0 saturated heterocycles. The normalized spacial score (nSPS) is 27.2. The lowest BCUT2D eigenvalue weighted by atomic mass is 9.59. The predicted octanol–water partition coefficient (Wildman–Crippen LogP) is 5.11. The number of likely N-dealkylation sites (N-methyl/N-ethyl adjacent to an activating group) is 1. The molecule has 1 heterocycles.